The SMILES string of the molecule is CCc1ccc(C(C)NC(=O)CCCNC(C)C)cc1. The van der Waals surface area contributed by atoms with Gasteiger partial charge in [0.05, 0.1) is 6.04 Å². The summed E-state index contributed by atoms with van der Waals surface area (Å²) in [6.07, 6.45) is 2.51. The highest BCUT2D eigenvalue weighted by molar-refractivity contribution is 5.76. The molecular weight excluding hydrogens is 248 g/mol. The van der Waals surface area contributed by atoms with E-state index >= 15 is 0 Å². The van der Waals surface area contributed by atoms with E-state index in [0.29, 0.717) is 12.5 Å². The van der Waals surface area contributed by atoms with Crippen molar-refractivity contribution in [3.8, 4) is 0 Å². The minimum atomic E-state index is 0.0754. The Morgan fingerprint density at radius 1 is 1.15 bits per heavy atom. The van der Waals surface area contributed by atoms with Crippen molar-refractivity contribution >= 4 is 5.91 Å². The molecule has 0 aliphatic rings. The smallest absolute Gasteiger partial charge is 0.220 e. The molecule has 1 amide bonds. The molecule has 0 fully saturated rings. The van der Waals surface area contributed by atoms with Gasteiger partial charge in [0.1, 0.15) is 0 Å². The summed E-state index contributed by atoms with van der Waals surface area (Å²) < 4.78 is 0. The van der Waals surface area contributed by atoms with Gasteiger partial charge < -0.3 is 10.6 Å². The number of carbonyl (C=O) groups is 1. The molecule has 0 aliphatic carbocycles. The number of rotatable bonds is 8. The molecule has 20 heavy (non-hydrogen) atoms. The summed E-state index contributed by atoms with van der Waals surface area (Å²) in [5.41, 5.74) is 2.49. The van der Waals surface area contributed by atoms with Gasteiger partial charge in [-0.2, -0.15) is 0 Å². The largest absolute Gasteiger partial charge is 0.350 e. The minimum absolute atomic E-state index is 0.0754. The zero-order valence-electron chi connectivity index (χ0n) is 13.2. The van der Waals surface area contributed by atoms with E-state index in [-0.39, 0.29) is 11.9 Å². The number of carbonyl (C=O) groups excluding carboxylic acids is 1. The van der Waals surface area contributed by atoms with E-state index in [0.717, 1.165) is 24.9 Å². The van der Waals surface area contributed by atoms with E-state index in [9.17, 15) is 4.79 Å². The van der Waals surface area contributed by atoms with Gasteiger partial charge in [0.25, 0.3) is 0 Å². The first-order chi connectivity index (χ1) is 9.52. The van der Waals surface area contributed by atoms with Gasteiger partial charge in [0, 0.05) is 12.5 Å². The Kier molecular flexibility index (Phi) is 7.31. The van der Waals surface area contributed by atoms with Crippen LogP contribution in [-0.2, 0) is 11.2 Å². The summed E-state index contributed by atoms with van der Waals surface area (Å²) >= 11 is 0. The number of hydrogen-bond donors (Lipinski definition) is 2. The average Bonchev–Trinajstić information content (AvgIpc) is 2.43. The van der Waals surface area contributed by atoms with Crippen molar-refractivity contribution in [2.24, 2.45) is 0 Å². The van der Waals surface area contributed by atoms with Crippen LogP contribution in [0.4, 0.5) is 0 Å². The van der Waals surface area contributed by atoms with Crippen LogP contribution in [0.2, 0.25) is 0 Å². The van der Waals surface area contributed by atoms with Crippen LogP contribution in [0.3, 0.4) is 0 Å². The molecular formula is C17H28N2O. The Hall–Kier alpha value is -1.35. The Balaban J connectivity index is 2.33. The number of nitrogens with one attached hydrogen (secondary N) is 2. The van der Waals surface area contributed by atoms with Crippen LogP contribution in [0.15, 0.2) is 24.3 Å². The quantitative estimate of drug-likeness (QED) is 0.716. The van der Waals surface area contributed by atoms with Gasteiger partial charge in [-0.1, -0.05) is 45.0 Å². The lowest BCUT2D eigenvalue weighted by atomic mass is 10.0. The van der Waals surface area contributed by atoms with Crippen molar-refractivity contribution in [3.63, 3.8) is 0 Å². The molecule has 0 radical (unpaired) electrons. The summed E-state index contributed by atoms with van der Waals surface area (Å²) in [5.74, 6) is 0.127. The van der Waals surface area contributed by atoms with Crippen molar-refractivity contribution in [3.05, 3.63) is 35.4 Å². The minimum Gasteiger partial charge on any atom is -0.350 e. The van der Waals surface area contributed by atoms with E-state index in [1.807, 2.05) is 6.92 Å². The molecule has 1 aromatic carbocycles. The number of amides is 1. The van der Waals surface area contributed by atoms with Gasteiger partial charge >= 0.3 is 0 Å². The van der Waals surface area contributed by atoms with E-state index in [1.54, 1.807) is 0 Å². The molecule has 112 valence electrons. The summed E-state index contributed by atoms with van der Waals surface area (Å²) in [6, 6.07) is 9.02. The molecule has 0 aromatic heterocycles. The van der Waals surface area contributed by atoms with Crippen molar-refractivity contribution < 1.29 is 4.79 Å². The summed E-state index contributed by atoms with van der Waals surface area (Å²) in [5, 5.41) is 6.37. The molecule has 2 N–H and O–H groups in total. The molecule has 3 heteroatoms. The van der Waals surface area contributed by atoms with E-state index in [2.05, 4.69) is 55.7 Å². The van der Waals surface area contributed by atoms with Gasteiger partial charge in [-0.15, -0.1) is 0 Å². The van der Waals surface area contributed by atoms with Crippen LogP contribution >= 0.6 is 0 Å². The summed E-state index contributed by atoms with van der Waals surface area (Å²) in [6.45, 7) is 9.30. The van der Waals surface area contributed by atoms with Gasteiger partial charge in [0.15, 0.2) is 0 Å². The van der Waals surface area contributed by atoms with Gasteiger partial charge in [-0.3, -0.25) is 4.79 Å². The van der Waals surface area contributed by atoms with E-state index < -0.39 is 0 Å². The third kappa shape index (κ3) is 6.20. The maximum absolute atomic E-state index is 11.9. The summed E-state index contributed by atoms with van der Waals surface area (Å²) in [7, 11) is 0. The second-order valence-electron chi connectivity index (χ2n) is 5.60. The lowest BCUT2D eigenvalue weighted by molar-refractivity contribution is -0.121. The van der Waals surface area contributed by atoms with Crippen molar-refractivity contribution in [1.82, 2.24) is 10.6 Å². The van der Waals surface area contributed by atoms with Crippen LogP contribution in [0.5, 0.6) is 0 Å². The average molecular weight is 276 g/mol. The fourth-order valence-electron chi connectivity index (χ4n) is 2.08. The maximum atomic E-state index is 11.9. The first kappa shape index (κ1) is 16.7. The zero-order chi connectivity index (χ0) is 15.0. The molecule has 1 unspecified atom stereocenters. The van der Waals surface area contributed by atoms with Crippen LogP contribution in [0, 0.1) is 0 Å². The Morgan fingerprint density at radius 3 is 2.35 bits per heavy atom. The van der Waals surface area contributed by atoms with E-state index in [1.165, 1.54) is 5.56 Å². The summed E-state index contributed by atoms with van der Waals surface area (Å²) in [4.78, 5) is 11.9. The first-order valence-electron chi connectivity index (χ1n) is 7.64. The molecule has 0 bridgehead atoms. The Morgan fingerprint density at radius 2 is 1.80 bits per heavy atom. The molecule has 0 saturated carbocycles. The van der Waals surface area contributed by atoms with Crippen LogP contribution < -0.4 is 10.6 Å². The fourth-order valence-corrected chi connectivity index (χ4v) is 2.08. The molecule has 1 aromatic rings. The van der Waals surface area contributed by atoms with Crippen molar-refractivity contribution in [2.75, 3.05) is 6.54 Å². The third-order valence-electron chi connectivity index (χ3n) is 3.40. The van der Waals surface area contributed by atoms with Gasteiger partial charge in [-0.25, -0.2) is 0 Å². The van der Waals surface area contributed by atoms with E-state index in [4.69, 9.17) is 0 Å². The maximum Gasteiger partial charge on any atom is 0.220 e. The van der Waals surface area contributed by atoms with Crippen LogP contribution in [-0.4, -0.2) is 18.5 Å². The highest BCUT2D eigenvalue weighted by atomic mass is 16.1. The van der Waals surface area contributed by atoms with Crippen LogP contribution in [0.1, 0.15) is 57.7 Å². The monoisotopic (exact) mass is 276 g/mol. The molecule has 0 saturated heterocycles. The molecule has 0 spiro atoms. The number of benzene rings is 1. The lowest BCUT2D eigenvalue weighted by Crippen LogP contribution is -2.28. The van der Waals surface area contributed by atoms with Gasteiger partial charge in [-0.05, 0) is 37.4 Å². The normalized spacial score (nSPS) is 12.4. The first-order valence-corrected chi connectivity index (χ1v) is 7.64. The highest BCUT2D eigenvalue weighted by Gasteiger charge is 2.09. The molecule has 3 nitrogen and oxygen atoms in total. The second kappa shape index (κ2) is 8.75. The predicted octanol–water partition coefficient (Wildman–Crippen LogP) is 3.20. The van der Waals surface area contributed by atoms with Gasteiger partial charge in [0.2, 0.25) is 5.91 Å². The topological polar surface area (TPSA) is 41.1 Å². The Labute approximate surface area is 123 Å². The molecule has 0 heterocycles. The molecule has 0 aliphatic heterocycles. The second-order valence-corrected chi connectivity index (χ2v) is 5.60. The predicted molar refractivity (Wildman–Crippen MR) is 84.8 cm³/mol. The third-order valence-corrected chi connectivity index (χ3v) is 3.40. The highest BCUT2D eigenvalue weighted by Crippen LogP contribution is 2.13. The molecule has 1 atom stereocenters. The van der Waals surface area contributed by atoms with Crippen molar-refractivity contribution in [2.45, 2.75) is 59.0 Å². The zero-order valence-corrected chi connectivity index (χ0v) is 13.2. The number of aryl methyl sites for hydroxylation is 1. The Bertz CT molecular complexity index is 398. The standard InChI is InChI=1S/C17H28N2O/c1-5-15-8-10-16(11-9-15)14(4)19-17(20)7-6-12-18-13(2)3/h8-11,13-14,18H,5-7,12H2,1-4H3,(H,19,20). The number of hydrogen-bond acceptors (Lipinski definition) is 2. The molecule has 1 rings (SSSR count). The van der Waals surface area contributed by atoms with Crippen LogP contribution in [0.25, 0.3) is 0 Å². The lowest BCUT2D eigenvalue weighted by Gasteiger charge is -2.15. The van der Waals surface area contributed by atoms with Crippen molar-refractivity contribution in [1.29, 1.82) is 0 Å². The fraction of sp³-hybridized carbons (Fsp3) is 0.588.